The number of rotatable bonds is 9. The summed E-state index contributed by atoms with van der Waals surface area (Å²) in [6, 6.07) is 1.66. The van der Waals surface area contributed by atoms with E-state index in [1.807, 2.05) is 6.92 Å². The number of ether oxygens (including phenoxy) is 1. The molecule has 0 aromatic carbocycles. The molecule has 0 spiro atoms. The number of hydrogen-bond donors (Lipinski definition) is 3. The highest BCUT2D eigenvalue weighted by molar-refractivity contribution is 5.44. The summed E-state index contributed by atoms with van der Waals surface area (Å²) in [5.74, 6) is 1.86. The molecule has 0 saturated carbocycles. The lowest BCUT2D eigenvalue weighted by atomic mass is 9.97. The van der Waals surface area contributed by atoms with Crippen LogP contribution in [0.3, 0.4) is 0 Å². The monoisotopic (exact) mass is 282 g/mol. The molecule has 0 amide bonds. The van der Waals surface area contributed by atoms with Gasteiger partial charge in [-0.2, -0.15) is 0 Å². The van der Waals surface area contributed by atoms with Crippen LogP contribution in [0, 0.1) is 5.92 Å². The SMILES string of the molecule is CCOCc1nc(N)cc(NCC(O)C(CC)CC)n1. The van der Waals surface area contributed by atoms with E-state index in [1.165, 1.54) is 0 Å². The van der Waals surface area contributed by atoms with Crippen LogP contribution >= 0.6 is 0 Å². The van der Waals surface area contributed by atoms with Gasteiger partial charge in [0.25, 0.3) is 0 Å². The molecule has 0 radical (unpaired) electrons. The Hall–Kier alpha value is -1.40. The molecule has 6 nitrogen and oxygen atoms in total. The van der Waals surface area contributed by atoms with Crippen LogP contribution in [0.2, 0.25) is 0 Å². The van der Waals surface area contributed by atoms with Crippen molar-refractivity contribution in [3.63, 3.8) is 0 Å². The largest absolute Gasteiger partial charge is 0.391 e. The minimum Gasteiger partial charge on any atom is -0.391 e. The molecular weight excluding hydrogens is 256 g/mol. The number of hydrogen-bond acceptors (Lipinski definition) is 6. The van der Waals surface area contributed by atoms with E-state index >= 15 is 0 Å². The maximum Gasteiger partial charge on any atom is 0.158 e. The number of aliphatic hydroxyl groups excluding tert-OH is 1. The zero-order valence-electron chi connectivity index (χ0n) is 12.6. The Morgan fingerprint density at radius 3 is 2.60 bits per heavy atom. The van der Waals surface area contributed by atoms with Crippen molar-refractivity contribution in [2.45, 2.75) is 46.3 Å². The van der Waals surface area contributed by atoms with Gasteiger partial charge < -0.3 is 20.9 Å². The van der Waals surface area contributed by atoms with Crippen molar-refractivity contribution in [2.75, 3.05) is 24.2 Å². The Balaban J connectivity index is 2.60. The second kappa shape index (κ2) is 8.71. The number of nitrogens with zero attached hydrogens (tertiary/aromatic N) is 2. The van der Waals surface area contributed by atoms with Crippen molar-refractivity contribution in [2.24, 2.45) is 5.92 Å². The number of aromatic nitrogens is 2. The second-order valence-electron chi connectivity index (χ2n) is 4.76. The summed E-state index contributed by atoms with van der Waals surface area (Å²) in [6.45, 7) is 7.48. The Labute approximate surface area is 120 Å². The first kappa shape index (κ1) is 16.7. The van der Waals surface area contributed by atoms with Gasteiger partial charge in [-0.15, -0.1) is 0 Å². The number of nitrogens with one attached hydrogen (secondary N) is 1. The van der Waals surface area contributed by atoms with Crippen molar-refractivity contribution in [3.8, 4) is 0 Å². The van der Waals surface area contributed by atoms with Gasteiger partial charge in [-0.3, -0.25) is 0 Å². The number of aliphatic hydroxyl groups is 1. The summed E-state index contributed by atoms with van der Waals surface area (Å²) in [7, 11) is 0. The van der Waals surface area contributed by atoms with Gasteiger partial charge in [0.1, 0.15) is 18.2 Å². The Bertz CT molecular complexity index is 397. The van der Waals surface area contributed by atoms with Gasteiger partial charge >= 0.3 is 0 Å². The summed E-state index contributed by atoms with van der Waals surface area (Å²) in [5.41, 5.74) is 5.74. The average molecular weight is 282 g/mol. The molecule has 114 valence electrons. The van der Waals surface area contributed by atoms with Crippen LogP contribution in [0.1, 0.15) is 39.4 Å². The van der Waals surface area contributed by atoms with Crippen molar-refractivity contribution >= 4 is 11.6 Å². The van der Waals surface area contributed by atoms with Gasteiger partial charge in [-0.05, 0) is 12.8 Å². The molecule has 0 aliphatic carbocycles. The summed E-state index contributed by atoms with van der Waals surface area (Å²) in [6.07, 6.45) is 1.53. The van der Waals surface area contributed by atoms with Crippen molar-refractivity contribution < 1.29 is 9.84 Å². The molecule has 0 aliphatic heterocycles. The number of nitrogen functional groups attached to an aromatic ring is 1. The van der Waals surface area contributed by atoms with Crippen LogP contribution < -0.4 is 11.1 Å². The van der Waals surface area contributed by atoms with E-state index in [9.17, 15) is 5.11 Å². The second-order valence-corrected chi connectivity index (χ2v) is 4.76. The molecule has 1 atom stereocenters. The van der Waals surface area contributed by atoms with Crippen LogP contribution in [0.25, 0.3) is 0 Å². The van der Waals surface area contributed by atoms with Crippen molar-refractivity contribution in [3.05, 3.63) is 11.9 Å². The van der Waals surface area contributed by atoms with Crippen LogP contribution in [-0.2, 0) is 11.3 Å². The third kappa shape index (κ3) is 5.30. The van der Waals surface area contributed by atoms with Gasteiger partial charge in [0, 0.05) is 19.2 Å². The first-order chi connectivity index (χ1) is 9.60. The van der Waals surface area contributed by atoms with Crippen molar-refractivity contribution in [1.82, 2.24) is 9.97 Å². The Morgan fingerprint density at radius 1 is 1.30 bits per heavy atom. The fourth-order valence-electron chi connectivity index (χ4n) is 2.07. The Kier molecular flexibility index (Phi) is 7.25. The van der Waals surface area contributed by atoms with Gasteiger partial charge in [-0.25, -0.2) is 9.97 Å². The topological polar surface area (TPSA) is 93.3 Å². The van der Waals surface area contributed by atoms with Gasteiger partial charge in [0.2, 0.25) is 0 Å². The first-order valence-electron chi connectivity index (χ1n) is 7.23. The molecule has 0 aliphatic rings. The van der Waals surface area contributed by atoms with Crippen LogP contribution in [0.5, 0.6) is 0 Å². The molecule has 1 unspecified atom stereocenters. The van der Waals surface area contributed by atoms with Gasteiger partial charge in [-0.1, -0.05) is 26.7 Å². The molecule has 1 aromatic heterocycles. The quantitative estimate of drug-likeness (QED) is 0.639. The molecule has 4 N–H and O–H groups in total. The summed E-state index contributed by atoms with van der Waals surface area (Å²) in [4.78, 5) is 8.42. The first-order valence-corrected chi connectivity index (χ1v) is 7.23. The minimum atomic E-state index is -0.392. The highest BCUT2D eigenvalue weighted by Gasteiger charge is 2.15. The molecule has 1 rings (SSSR count). The normalized spacial score (nSPS) is 12.7. The lowest BCUT2D eigenvalue weighted by Gasteiger charge is -2.20. The van der Waals surface area contributed by atoms with Gasteiger partial charge in [0.15, 0.2) is 5.82 Å². The summed E-state index contributed by atoms with van der Waals surface area (Å²) < 4.78 is 5.27. The van der Waals surface area contributed by atoms with E-state index in [2.05, 4.69) is 29.1 Å². The zero-order valence-corrected chi connectivity index (χ0v) is 12.6. The maximum absolute atomic E-state index is 10.1. The summed E-state index contributed by atoms with van der Waals surface area (Å²) in [5, 5.41) is 13.2. The number of anilines is 2. The molecule has 20 heavy (non-hydrogen) atoms. The van der Waals surface area contributed by atoms with E-state index in [4.69, 9.17) is 10.5 Å². The predicted molar refractivity (Wildman–Crippen MR) is 80.3 cm³/mol. The smallest absolute Gasteiger partial charge is 0.158 e. The fraction of sp³-hybridized carbons (Fsp3) is 0.714. The molecule has 0 fully saturated rings. The molecule has 1 aromatic rings. The van der Waals surface area contributed by atoms with E-state index in [0.29, 0.717) is 43.1 Å². The maximum atomic E-state index is 10.1. The fourth-order valence-corrected chi connectivity index (χ4v) is 2.07. The van der Waals surface area contributed by atoms with E-state index in [1.54, 1.807) is 6.07 Å². The lowest BCUT2D eigenvalue weighted by molar-refractivity contribution is 0.114. The lowest BCUT2D eigenvalue weighted by Crippen LogP contribution is -2.28. The van der Waals surface area contributed by atoms with Crippen LogP contribution in [0.15, 0.2) is 6.07 Å². The predicted octanol–water partition coefficient (Wildman–Crippen LogP) is 1.80. The minimum absolute atomic E-state index is 0.296. The number of nitrogens with two attached hydrogens (primary N) is 1. The third-order valence-electron chi connectivity index (χ3n) is 3.31. The molecule has 0 saturated heterocycles. The molecule has 6 heteroatoms. The van der Waals surface area contributed by atoms with E-state index < -0.39 is 6.10 Å². The third-order valence-corrected chi connectivity index (χ3v) is 3.31. The zero-order chi connectivity index (χ0) is 15.0. The molecular formula is C14H26N4O2. The summed E-state index contributed by atoms with van der Waals surface area (Å²) >= 11 is 0. The average Bonchev–Trinajstić information content (AvgIpc) is 2.43. The van der Waals surface area contributed by atoms with Gasteiger partial charge in [0.05, 0.1) is 6.10 Å². The Morgan fingerprint density at radius 2 is 2.00 bits per heavy atom. The highest BCUT2D eigenvalue weighted by Crippen LogP contribution is 2.15. The van der Waals surface area contributed by atoms with Crippen LogP contribution in [-0.4, -0.2) is 34.3 Å². The van der Waals surface area contributed by atoms with Crippen molar-refractivity contribution in [1.29, 1.82) is 0 Å². The standard InChI is InChI=1S/C14H26N4O2/c1-4-10(5-2)11(19)8-16-13-7-12(15)17-14(18-13)9-20-6-3/h7,10-11,19H,4-6,8-9H2,1-3H3,(H3,15,16,17,18). The highest BCUT2D eigenvalue weighted by atomic mass is 16.5. The molecule has 1 heterocycles. The van der Waals surface area contributed by atoms with E-state index in [-0.39, 0.29) is 0 Å². The van der Waals surface area contributed by atoms with E-state index in [0.717, 1.165) is 12.8 Å². The molecule has 0 bridgehead atoms. The van der Waals surface area contributed by atoms with Crippen LogP contribution in [0.4, 0.5) is 11.6 Å².